The van der Waals surface area contributed by atoms with Gasteiger partial charge in [-0.25, -0.2) is 4.39 Å². The Balaban J connectivity index is 2.33. The molecule has 2 aromatic rings. The van der Waals surface area contributed by atoms with Crippen LogP contribution in [0.2, 0.25) is 0 Å². The molecule has 0 heterocycles. The van der Waals surface area contributed by atoms with Crippen molar-refractivity contribution in [1.29, 1.82) is 5.26 Å². The zero-order valence-corrected chi connectivity index (χ0v) is 11.2. The van der Waals surface area contributed by atoms with Gasteiger partial charge in [-0.05, 0) is 47.1 Å². The SMILES string of the molecule is Cc1ccc(Oc2ccc(C#N)c(Br)c2F)cc1. The Kier molecular flexibility index (Phi) is 3.63. The number of hydrogen-bond donors (Lipinski definition) is 0. The van der Waals surface area contributed by atoms with E-state index in [1.807, 2.05) is 25.1 Å². The third kappa shape index (κ3) is 2.52. The largest absolute Gasteiger partial charge is 0.454 e. The second-order valence-corrected chi connectivity index (χ2v) is 4.56. The quantitative estimate of drug-likeness (QED) is 0.815. The van der Waals surface area contributed by atoms with Crippen LogP contribution < -0.4 is 4.74 Å². The van der Waals surface area contributed by atoms with Gasteiger partial charge >= 0.3 is 0 Å². The monoisotopic (exact) mass is 305 g/mol. The molecule has 0 saturated heterocycles. The molecule has 0 bridgehead atoms. The molecule has 0 aliphatic carbocycles. The number of ether oxygens (including phenoxy) is 1. The van der Waals surface area contributed by atoms with Crippen LogP contribution in [0.3, 0.4) is 0 Å². The maximum Gasteiger partial charge on any atom is 0.181 e. The normalized spacial score (nSPS) is 9.89. The van der Waals surface area contributed by atoms with Gasteiger partial charge in [0.1, 0.15) is 11.8 Å². The van der Waals surface area contributed by atoms with Gasteiger partial charge in [-0.2, -0.15) is 5.26 Å². The molecule has 90 valence electrons. The van der Waals surface area contributed by atoms with Crippen molar-refractivity contribution in [2.75, 3.05) is 0 Å². The number of hydrogen-bond acceptors (Lipinski definition) is 2. The molecule has 0 aliphatic rings. The Morgan fingerprint density at radius 3 is 2.44 bits per heavy atom. The first-order valence-corrected chi connectivity index (χ1v) is 6.03. The first-order valence-electron chi connectivity index (χ1n) is 5.24. The Morgan fingerprint density at radius 1 is 1.17 bits per heavy atom. The first-order chi connectivity index (χ1) is 8.61. The van der Waals surface area contributed by atoms with Gasteiger partial charge in [0.25, 0.3) is 0 Å². The number of nitrogens with zero attached hydrogens (tertiary/aromatic N) is 1. The summed E-state index contributed by atoms with van der Waals surface area (Å²) >= 11 is 3.04. The number of halogens is 2. The number of aryl methyl sites for hydroxylation is 1. The topological polar surface area (TPSA) is 33.0 Å². The van der Waals surface area contributed by atoms with Crippen LogP contribution in [0, 0.1) is 24.1 Å². The molecule has 0 N–H and O–H groups in total. The highest BCUT2D eigenvalue weighted by Crippen LogP contribution is 2.31. The molecule has 0 aromatic heterocycles. The molecule has 4 heteroatoms. The third-order valence-corrected chi connectivity index (χ3v) is 3.19. The highest BCUT2D eigenvalue weighted by atomic mass is 79.9. The van der Waals surface area contributed by atoms with E-state index >= 15 is 0 Å². The Morgan fingerprint density at radius 2 is 1.83 bits per heavy atom. The fraction of sp³-hybridized carbons (Fsp3) is 0.0714. The summed E-state index contributed by atoms with van der Waals surface area (Å²) in [6, 6.07) is 12.1. The van der Waals surface area contributed by atoms with Gasteiger partial charge in [-0.3, -0.25) is 0 Å². The zero-order chi connectivity index (χ0) is 13.1. The second kappa shape index (κ2) is 5.19. The van der Waals surface area contributed by atoms with Crippen molar-refractivity contribution < 1.29 is 9.13 Å². The molecule has 0 amide bonds. The Labute approximate surface area is 113 Å². The minimum Gasteiger partial charge on any atom is -0.454 e. The van der Waals surface area contributed by atoms with E-state index in [4.69, 9.17) is 10.00 Å². The van der Waals surface area contributed by atoms with E-state index in [0.29, 0.717) is 5.75 Å². The lowest BCUT2D eigenvalue weighted by Gasteiger charge is -2.08. The summed E-state index contributed by atoms with van der Waals surface area (Å²) in [4.78, 5) is 0. The number of benzene rings is 2. The molecule has 0 aliphatic heterocycles. The predicted molar refractivity (Wildman–Crippen MR) is 70.1 cm³/mol. The zero-order valence-electron chi connectivity index (χ0n) is 9.58. The van der Waals surface area contributed by atoms with Crippen LogP contribution in [-0.4, -0.2) is 0 Å². The maximum atomic E-state index is 13.9. The minimum absolute atomic E-state index is 0.0877. The molecule has 0 unspecified atom stereocenters. The standard InChI is InChI=1S/C14H9BrFNO/c1-9-2-5-11(6-3-9)18-12-7-4-10(8-17)13(15)14(12)16/h2-7H,1H3. The molecule has 0 atom stereocenters. The van der Waals surface area contributed by atoms with E-state index in [1.165, 1.54) is 12.1 Å². The predicted octanol–water partition coefficient (Wildman–Crippen LogP) is 4.56. The van der Waals surface area contributed by atoms with Crippen molar-refractivity contribution >= 4 is 15.9 Å². The van der Waals surface area contributed by atoms with E-state index in [0.717, 1.165) is 5.56 Å². The summed E-state index contributed by atoms with van der Waals surface area (Å²) in [5.41, 5.74) is 1.34. The van der Waals surface area contributed by atoms with E-state index in [2.05, 4.69) is 15.9 Å². The molecular weight excluding hydrogens is 297 g/mol. The summed E-state index contributed by atoms with van der Waals surface area (Å²) in [6.07, 6.45) is 0. The summed E-state index contributed by atoms with van der Waals surface area (Å²) in [5.74, 6) is 0.0652. The van der Waals surface area contributed by atoms with Crippen molar-refractivity contribution in [3.63, 3.8) is 0 Å². The van der Waals surface area contributed by atoms with Crippen LogP contribution in [0.1, 0.15) is 11.1 Å². The van der Waals surface area contributed by atoms with E-state index in [-0.39, 0.29) is 15.8 Å². The van der Waals surface area contributed by atoms with Crippen molar-refractivity contribution in [1.82, 2.24) is 0 Å². The average molecular weight is 306 g/mol. The van der Waals surface area contributed by atoms with Gasteiger partial charge in [0.15, 0.2) is 11.6 Å². The highest BCUT2D eigenvalue weighted by molar-refractivity contribution is 9.10. The van der Waals surface area contributed by atoms with Crippen molar-refractivity contribution in [2.45, 2.75) is 6.92 Å². The minimum atomic E-state index is -0.574. The summed E-state index contributed by atoms with van der Waals surface area (Å²) < 4.78 is 19.4. The molecule has 0 saturated carbocycles. The van der Waals surface area contributed by atoms with Crippen LogP contribution >= 0.6 is 15.9 Å². The molecular formula is C14H9BrFNO. The lowest BCUT2D eigenvalue weighted by Crippen LogP contribution is -1.91. The fourth-order valence-corrected chi connectivity index (χ4v) is 1.85. The molecule has 0 fully saturated rings. The number of nitriles is 1. The van der Waals surface area contributed by atoms with Gasteiger partial charge in [-0.1, -0.05) is 17.7 Å². The average Bonchev–Trinajstić information content (AvgIpc) is 2.38. The van der Waals surface area contributed by atoms with Crippen molar-refractivity contribution in [3.8, 4) is 17.6 Å². The van der Waals surface area contributed by atoms with Gasteiger partial charge in [0.05, 0.1) is 10.0 Å². The van der Waals surface area contributed by atoms with Gasteiger partial charge in [0, 0.05) is 0 Å². The molecule has 2 rings (SSSR count). The van der Waals surface area contributed by atoms with Gasteiger partial charge in [-0.15, -0.1) is 0 Å². The maximum absolute atomic E-state index is 13.9. The molecule has 18 heavy (non-hydrogen) atoms. The Hall–Kier alpha value is -1.86. The Bertz CT molecular complexity index is 617. The molecule has 2 aromatic carbocycles. The fourth-order valence-electron chi connectivity index (χ4n) is 1.43. The lowest BCUT2D eigenvalue weighted by atomic mass is 10.2. The van der Waals surface area contributed by atoms with Crippen LogP contribution in [0.5, 0.6) is 11.5 Å². The molecule has 0 radical (unpaired) electrons. The van der Waals surface area contributed by atoms with E-state index in [9.17, 15) is 4.39 Å². The van der Waals surface area contributed by atoms with Crippen LogP contribution in [0.25, 0.3) is 0 Å². The smallest absolute Gasteiger partial charge is 0.181 e. The lowest BCUT2D eigenvalue weighted by molar-refractivity contribution is 0.440. The number of rotatable bonds is 2. The van der Waals surface area contributed by atoms with Crippen LogP contribution in [0.15, 0.2) is 40.9 Å². The third-order valence-electron chi connectivity index (χ3n) is 2.42. The molecule has 2 nitrogen and oxygen atoms in total. The highest BCUT2D eigenvalue weighted by Gasteiger charge is 2.12. The summed E-state index contributed by atoms with van der Waals surface area (Å²) in [5, 5.41) is 8.77. The van der Waals surface area contributed by atoms with Crippen molar-refractivity contribution in [3.05, 3.63) is 57.8 Å². The van der Waals surface area contributed by atoms with Crippen molar-refractivity contribution in [2.24, 2.45) is 0 Å². The first kappa shape index (κ1) is 12.6. The van der Waals surface area contributed by atoms with Gasteiger partial charge < -0.3 is 4.74 Å². The molecule has 0 spiro atoms. The van der Waals surface area contributed by atoms with E-state index < -0.39 is 5.82 Å². The summed E-state index contributed by atoms with van der Waals surface area (Å²) in [6.45, 7) is 1.96. The van der Waals surface area contributed by atoms with Crippen LogP contribution in [-0.2, 0) is 0 Å². The van der Waals surface area contributed by atoms with E-state index in [1.54, 1.807) is 12.1 Å². The summed E-state index contributed by atoms with van der Waals surface area (Å²) in [7, 11) is 0. The second-order valence-electron chi connectivity index (χ2n) is 3.77. The van der Waals surface area contributed by atoms with Crippen LogP contribution in [0.4, 0.5) is 4.39 Å². The van der Waals surface area contributed by atoms with Gasteiger partial charge in [0.2, 0.25) is 0 Å².